The highest BCUT2D eigenvalue weighted by atomic mass is 16.4. The highest BCUT2D eigenvalue weighted by Crippen LogP contribution is 2.28. The van der Waals surface area contributed by atoms with Crippen molar-refractivity contribution in [1.82, 2.24) is 4.98 Å². The molecule has 2 rings (SSSR count). The second-order valence-corrected chi connectivity index (χ2v) is 5.70. The number of amidine groups is 1. The Morgan fingerprint density at radius 2 is 2.14 bits per heavy atom. The molecule has 1 aromatic rings. The molecule has 0 amide bonds. The van der Waals surface area contributed by atoms with Crippen LogP contribution in [0.25, 0.3) is 0 Å². The minimum atomic E-state index is 0.146. The molecule has 0 aromatic carbocycles. The number of rotatable bonds is 5. The lowest BCUT2D eigenvalue weighted by Crippen LogP contribution is -2.35. The molecular formula is C16H26N4O. The molecule has 1 atom stereocenters. The largest absolute Gasteiger partial charge is 0.409 e. The summed E-state index contributed by atoms with van der Waals surface area (Å²) in [5.41, 5.74) is 9.06. The number of nitrogens with zero attached hydrogens (tertiary/aromatic N) is 3. The van der Waals surface area contributed by atoms with E-state index in [1.54, 1.807) is 0 Å². The van der Waals surface area contributed by atoms with Crippen LogP contribution in [0.5, 0.6) is 0 Å². The van der Waals surface area contributed by atoms with Gasteiger partial charge in [0.25, 0.3) is 0 Å². The van der Waals surface area contributed by atoms with Crippen molar-refractivity contribution in [1.29, 1.82) is 0 Å². The van der Waals surface area contributed by atoms with Crippen molar-refractivity contribution < 1.29 is 5.21 Å². The number of fused-ring (bicyclic) bond motifs is 1. The van der Waals surface area contributed by atoms with Crippen LogP contribution in [-0.4, -0.2) is 28.6 Å². The zero-order valence-electron chi connectivity index (χ0n) is 13.3. The molecule has 1 heterocycles. The van der Waals surface area contributed by atoms with Crippen LogP contribution < -0.4 is 10.6 Å². The van der Waals surface area contributed by atoms with Gasteiger partial charge in [0.1, 0.15) is 5.82 Å². The molecule has 3 N–H and O–H groups in total. The van der Waals surface area contributed by atoms with E-state index in [4.69, 9.17) is 15.9 Å². The quantitative estimate of drug-likeness (QED) is 0.378. The summed E-state index contributed by atoms with van der Waals surface area (Å²) >= 11 is 0. The molecule has 0 radical (unpaired) electrons. The van der Waals surface area contributed by atoms with Crippen LogP contribution in [0.15, 0.2) is 11.2 Å². The minimum Gasteiger partial charge on any atom is -0.409 e. The topological polar surface area (TPSA) is 74.7 Å². The zero-order valence-corrected chi connectivity index (χ0v) is 13.3. The fraction of sp³-hybridized carbons (Fsp3) is 0.625. The van der Waals surface area contributed by atoms with E-state index < -0.39 is 0 Å². The molecule has 0 saturated heterocycles. The maximum absolute atomic E-state index is 9.08. The van der Waals surface area contributed by atoms with Gasteiger partial charge in [0.2, 0.25) is 0 Å². The Hall–Kier alpha value is -1.78. The summed E-state index contributed by atoms with van der Waals surface area (Å²) in [6.07, 6.45) is 5.47. The predicted molar refractivity (Wildman–Crippen MR) is 86.2 cm³/mol. The van der Waals surface area contributed by atoms with Crippen LogP contribution in [-0.2, 0) is 12.8 Å². The minimum absolute atomic E-state index is 0.146. The SMILES string of the molecule is CCC(C)N(CC)c1nc2c(cc1C(N)=NO)CCCC2. The van der Waals surface area contributed by atoms with Gasteiger partial charge in [0, 0.05) is 18.3 Å². The number of hydrogen-bond acceptors (Lipinski definition) is 4. The molecule has 116 valence electrons. The van der Waals surface area contributed by atoms with E-state index in [9.17, 15) is 0 Å². The number of oxime groups is 1. The molecule has 5 nitrogen and oxygen atoms in total. The van der Waals surface area contributed by atoms with Crippen molar-refractivity contribution in [2.45, 2.75) is 58.9 Å². The van der Waals surface area contributed by atoms with E-state index in [1.807, 2.05) is 0 Å². The first-order valence-electron chi connectivity index (χ1n) is 7.89. The number of pyridine rings is 1. The molecule has 1 aliphatic carbocycles. The third-order valence-corrected chi connectivity index (χ3v) is 4.40. The fourth-order valence-corrected chi connectivity index (χ4v) is 2.97. The van der Waals surface area contributed by atoms with Crippen LogP contribution in [0, 0.1) is 0 Å². The van der Waals surface area contributed by atoms with Crippen LogP contribution in [0.4, 0.5) is 5.82 Å². The first-order valence-corrected chi connectivity index (χ1v) is 7.89. The average molecular weight is 290 g/mol. The normalized spacial score (nSPS) is 16.4. The van der Waals surface area contributed by atoms with Crippen molar-refractivity contribution in [2.24, 2.45) is 10.9 Å². The summed E-state index contributed by atoms with van der Waals surface area (Å²) in [6.45, 7) is 7.31. The van der Waals surface area contributed by atoms with E-state index in [0.29, 0.717) is 6.04 Å². The van der Waals surface area contributed by atoms with Gasteiger partial charge in [-0.3, -0.25) is 0 Å². The number of nitrogens with two attached hydrogens (primary N) is 1. The molecule has 0 bridgehead atoms. The van der Waals surface area contributed by atoms with Crippen LogP contribution >= 0.6 is 0 Å². The first kappa shape index (κ1) is 15.6. The van der Waals surface area contributed by atoms with Crippen LogP contribution in [0.1, 0.15) is 56.9 Å². The van der Waals surface area contributed by atoms with Gasteiger partial charge < -0.3 is 15.8 Å². The second-order valence-electron chi connectivity index (χ2n) is 5.70. The van der Waals surface area contributed by atoms with Crippen LogP contribution in [0.2, 0.25) is 0 Å². The summed E-state index contributed by atoms with van der Waals surface area (Å²) in [5, 5.41) is 12.3. The Morgan fingerprint density at radius 3 is 2.76 bits per heavy atom. The van der Waals surface area contributed by atoms with Gasteiger partial charge in [0.15, 0.2) is 5.84 Å². The van der Waals surface area contributed by atoms with E-state index in [0.717, 1.165) is 37.2 Å². The Kier molecular flexibility index (Phi) is 5.04. The third kappa shape index (κ3) is 3.12. The lowest BCUT2D eigenvalue weighted by Gasteiger charge is -2.31. The first-order chi connectivity index (χ1) is 10.1. The Balaban J connectivity index is 2.55. The molecule has 1 aliphatic rings. The maximum Gasteiger partial charge on any atom is 0.173 e. The molecule has 5 heteroatoms. The second kappa shape index (κ2) is 6.78. The van der Waals surface area contributed by atoms with Gasteiger partial charge in [-0.25, -0.2) is 4.98 Å². The van der Waals surface area contributed by atoms with E-state index in [-0.39, 0.29) is 5.84 Å². The average Bonchev–Trinajstić information content (AvgIpc) is 2.53. The van der Waals surface area contributed by atoms with Gasteiger partial charge in [-0.1, -0.05) is 12.1 Å². The maximum atomic E-state index is 9.08. The summed E-state index contributed by atoms with van der Waals surface area (Å²) < 4.78 is 0. The van der Waals surface area contributed by atoms with E-state index >= 15 is 0 Å². The Bertz CT molecular complexity index is 527. The van der Waals surface area contributed by atoms with Gasteiger partial charge in [0.05, 0.1) is 5.56 Å². The summed E-state index contributed by atoms with van der Waals surface area (Å²) in [7, 11) is 0. The Labute approximate surface area is 126 Å². The van der Waals surface area contributed by atoms with Gasteiger partial charge in [-0.2, -0.15) is 0 Å². The van der Waals surface area contributed by atoms with E-state index in [1.165, 1.54) is 24.1 Å². The molecule has 21 heavy (non-hydrogen) atoms. The summed E-state index contributed by atoms with van der Waals surface area (Å²) in [6, 6.07) is 2.44. The molecule has 1 aromatic heterocycles. The van der Waals surface area contributed by atoms with Crippen LogP contribution in [0.3, 0.4) is 0 Å². The van der Waals surface area contributed by atoms with Crippen molar-refractivity contribution in [3.05, 3.63) is 22.9 Å². The monoisotopic (exact) mass is 290 g/mol. The van der Waals surface area contributed by atoms with Gasteiger partial charge >= 0.3 is 0 Å². The van der Waals surface area contributed by atoms with Crippen molar-refractivity contribution in [2.75, 3.05) is 11.4 Å². The molecule has 0 spiro atoms. The number of aromatic nitrogens is 1. The van der Waals surface area contributed by atoms with Gasteiger partial charge in [-0.15, -0.1) is 0 Å². The number of anilines is 1. The third-order valence-electron chi connectivity index (χ3n) is 4.40. The zero-order chi connectivity index (χ0) is 15.4. The fourth-order valence-electron chi connectivity index (χ4n) is 2.97. The molecule has 0 aliphatic heterocycles. The highest BCUT2D eigenvalue weighted by molar-refractivity contribution is 6.01. The van der Waals surface area contributed by atoms with Crippen molar-refractivity contribution in [3.8, 4) is 0 Å². The number of hydrogen-bond donors (Lipinski definition) is 2. The summed E-state index contributed by atoms with van der Waals surface area (Å²) in [5.74, 6) is 0.996. The summed E-state index contributed by atoms with van der Waals surface area (Å²) in [4.78, 5) is 7.11. The highest BCUT2D eigenvalue weighted by Gasteiger charge is 2.22. The van der Waals surface area contributed by atoms with Crippen molar-refractivity contribution in [3.63, 3.8) is 0 Å². The lowest BCUT2D eigenvalue weighted by atomic mass is 9.94. The predicted octanol–water partition coefficient (Wildman–Crippen LogP) is 2.68. The molecule has 1 unspecified atom stereocenters. The molecule has 0 fully saturated rings. The van der Waals surface area contributed by atoms with E-state index in [2.05, 4.69) is 36.9 Å². The molecule has 0 saturated carbocycles. The van der Waals surface area contributed by atoms with Gasteiger partial charge in [-0.05, 0) is 57.6 Å². The smallest absolute Gasteiger partial charge is 0.173 e. The number of aryl methyl sites for hydroxylation is 2. The Morgan fingerprint density at radius 1 is 1.43 bits per heavy atom. The van der Waals surface area contributed by atoms with Crippen molar-refractivity contribution >= 4 is 11.7 Å². The standard InChI is InChI=1S/C16H26N4O/c1-4-11(3)20(5-2)16-13(15(17)19-21)10-12-8-6-7-9-14(12)18-16/h10-11,21H,4-9H2,1-3H3,(H2,17,19). The molecular weight excluding hydrogens is 264 g/mol. The lowest BCUT2D eigenvalue weighted by molar-refractivity contribution is 0.318.